The summed E-state index contributed by atoms with van der Waals surface area (Å²) >= 11 is 0. The number of hydrogen-bond donors (Lipinski definition) is 1. The lowest BCUT2D eigenvalue weighted by Crippen LogP contribution is -2.05. The highest BCUT2D eigenvalue weighted by atomic mass is 15.0. The van der Waals surface area contributed by atoms with E-state index in [1.807, 2.05) is 19.1 Å². The zero-order chi connectivity index (χ0) is 12.1. The maximum atomic E-state index is 8.87. The lowest BCUT2D eigenvalue weighted by Gasteiger charge is -2.08. The molecule has 5 nitrogen and oxygen atoms in total. The number of rotatable bonds is 3. The molecule has 0 saturated heterocycles. The average Bonchev–Trinajstić information content (AvgIpc) is 2.38. The van der Waals surface area contributed by atoms with Gasteiger partial charge in [0.15, 0.2) is 11.5 Å². The van der Waals surface area contributed by atoms with E-state index in [4.69, 9.17) is 5.26 Å². The summed E-state index contributed by atoms with van der Waals surface area (Å²) in [5, 5.41) is 12.0. The molecule has 0 aliphatic carbocycles. The molecule has 0 bridgehead atoms. The predicted octanol–water partition coefficient (Wildman–Crippen LogP) is 1.66. The van der Waals surface area contributed by atoms with Gasteiger partial charge in [-0.15, -0.1) is 0 Å². The second-order valence-corrected chi connectivity index (χ2v) is 3.52. The van der Waals surface area contributed by atoms with Crippen LogP contribution in [0, 0.1) is 18.3 Å². The zero-order valence-corrected chi connectivity index (χ0v) is 9.38. The van der Waals surface area contributed by atoms with E-state index in [0.717, 1.165) is 11.1 Å². The Labute approximate surface area is 99.2 Å². The molecule has 0 radical (unpaired) electrons. The Morgan fingerprint density at radius 3 is 2.88 bits per heavy atom. The van der Waals surface area contributed by atoms with Crippen LogP contribution in [0.4, 0.5) is 5.82 Å². The van der Waals surface area contributed by atoms with Gasteiger partial charge in [-0.25, -0.2) is 9.97 Å². The molecule has 17 heavy (non-hydrogen) atoms. The molecular weight excluding hydrogens is 214 g/mol. The molecule has 0 saturated carbocycles. The number of nitrogens with one attached hydrogen (secondary N) is 1. The number of hydrogen-bond acceptors (Lipinski definition) is 5. The van der Waals surface area contributed by atoms with Crippen LogP contribution in [0.2, 0.25) is 0 Å². The molecule has 5 heteroatoms. The number of aryl methyl sites for hydroxylation is 1. The Bertz CT molecular complexity index is 559. The van der Waals surface area contributed by atoms with E-state index in [1.165, 1.54) is 6.20 Å². The first kappa shape index (κ1) is 11.0. The first-order valence-corrected chi connectivity index (χ1v) is 5.15. The van der Waals surface area contributed by atoms with Gasteiger partial charge in [-0.3, -0.25) is 4.98 Å². The predicted molar refractivity (Wildman–Crippen MR) is 63.0 cm³/mol. The van der Waals surface area contributed by atoms with Crippen molar-refractivity contribution >= 4 is 5.82 Å². The largest absolute Gasteiger partial charge is 0.364 e. The molecule has 2 aromatic rings. The van der Waals surface area contributed by atoms with E-state index < -0.39 is 0 Å². The number of nitriles is 1. The van der Waals surface area contributed by atoms with Crippen LogP contribution in [0.1, 0.15) is 16.8 Å². The van der Waals surface area contributed by atoms with Crippen LogP contribution in [0.25, 0.3) is 0 Å². The fourth-order valence-electron chi connectivity index (χ4n) is 1.43. The van der Waals surface area contributed by atoms with Crippen molar-refractivity contribution in [3.05, 3.63) is 47.7 Å². The highest BCUT2D eigenvalue weighted by molar-refractivity contribution is 5.47. The zero-order valence-electron chi connectivity index (χ0n) is 9.38. The molecule has 84 valence electrons. The molecule has 0 aliphatic heterocycles. The topological polar surface area (TPSA) is 74.5 Å². The van der Waals surface area contributed by atoms with Gasteiger partial charge in [0.05, 0.1) is 0 Å². The first-order valence-electron chi connectivity index (χ1n) is 5.15. The quantitative estimate of drug-likeness (QED) is 0.859. The minimum Gasteiger partial charge on any atom is -0.364 e. The molecule has 0 unspecified atom stereocenters. The summed E-state index contributed by atoms with van der Waals surface area (Å²) in [6.07, 6.45) is 6.61. The summed E-state index contributed by atoms with van der Waals surface area (Å²) in [4.78, 5) is 12.0. The Morgan fingerprint density at radius 2 is 2.12 bits per heavy atom. The lowest BCUT2D eigenvalue weighted by molar-refractivity contribution is 1.05. The molecule has 0 amide bonds. The number of aromatic nitrogens is 3. The summed E-state index contributed by atoms with van der Waals surface area (Å²) in [6.45, 7) is 2.59. The van der Waals surface area contributed by atoms with E-state index in [-0.39, 0.29) is 0 Å². The SMILES string of the molecule is Cc1cnccc1CNc1nccnc1C#N. The van der Waals surface area contributed by atoms with Crippen molar-refractivity contribution < 1.29 is 0 Å². The van der Waals surface area contributed by atoms with Crippen molar-refractivity contribution in [3.8, 4) is 6.07 Å². The molecule has 2 rings (SSSR count). The van der Waals surface area contributed by atoms with Crippen LogP contribution in [0.5, 0.6) is 0 Å². The van der Waals surface area contributed by atoms with Crippen molar-refractivity contribution in [3.63, 3.8) is 0 Å². The molecular formula is C12H11N5. The van der Waals surface area contributed by atoms with Gasteiger partial charge in [-0.2, -0.15) is 5.26 Å². The second kappa shape index (κ2) is 5.03. The third kappa shape index (κ3) is 2.55. The van der Waals surface area contributed by atoms with Gasteiger partial charge in [0.25, 0.3) is 0 Å². The molecule has 0 aromatic carbocycles. The van der Waals surface area contributed by atoms with Crippen molar-refractivity contribution in [2.24, 2.45) is 0 Å². The Hall–Kier alpha value is -2.48. The summed E-state index contributed by atoms with van der Waals surface area (Å²) in [5.74, 6) is 0.506. The van der Waals surface area contributed by atoms with Crippen LogP contribution in [0.15, 0.2) is 30.9 Å². The van der Waals surface area contributed by atoms with Crippen molar-refractivity contribution in [1.82, 2.24) is 15.0 Å². The monoisotopic (exact) mass is 225 g/mol. The third-order valence-corrected chi connectivity index (χ3v) is 2.39. The van der Waals surface area contributed by atoms with Gasteiger partial charge < -0.3 is 5.32 Å². The van der Waals surface area contributed by atoms with E-state index in [9.17, 15) is 0 Å². The van der Waals surface area contributed by atoms with Crippen LogP contribution >= 0.6 is 0 Å². The minimum atomic E-state index is 0.305. The number of anilines is 1. The van der Waals surface area contributed by atoms with Gasteiger partial charge in [0, 0.05) is 31.3 Å². The van der Waals surface area contributed by atoms with Gasteiger partial charge in [0.2, 0.25) is 0 Å². The maximum Gasteiger partial charge on any atom is 0.182 e. The molecule has 1 N–H and O–H groups in total. The molecule has 0 fully saturated rings. The molecule has 0 atom stereocenters. The Balaban J connectivity index is 2.13. The summed E-state index contributed by atoms with van der Waals surface area (Å²) in [5.41, 5.74) is 2.52. The molecule has 2 heterocycles. The van der Waals surface area contributed by atoms with Crippen LogP contribution in [-0.4, -0.2) is 15.0 Å². The van der Waals surface area contributed by atoms with Crippen molar-refractivity contribution in [2.45, 2.75) is 13.5 Å². The van der Waals surface area contributed by atoms with Gasteiger partial charge in [0.1, 0.15) is 6.07 Å². The highest BCUT2D eigenvalue weighted by Crippen LogP contribution is 2.11. The van der Waals surface area contributed by atoms with Gasteiger partial charge in [-0.1, -0.05) is 0 Å². The fourth-order valence-corrected chi connectivity index (χ4v) is 1.43. The smallest absolute Gasteiger partial charge is 0.182 e. The van der Waals surface area contributed by atoms with Crippen molar-refractivity contribution in [2.75, 3.05) is 5.32 Å². The van der Waals surface area contributed by atoms with E-state index in [0.29, 0.717) is 18.1 Å². The normalized spacial score (nSPS) is 9.65. The van der Waals surface area contributed by atoms with E-state index >= 15 is 0 Å². The van der Waals surface area contributed by atoms with Crippen LogP contribution < -0.4 is 5.32 Å². The average molecular weight is 225 g/mol. The van der Waals surface area contributed by atoms with Crippen molar-refractivity contribution in [1.29, 1.82) is 5.26 Å². The molecule has 2 aromatic heterocycles. The van der Waals surface area contributed by atoms with Crippen LogP contribution in [-0.2, 0) is 6.54 Å². The highest BCUT2D eigenvalue weighted by Gasteiger charge is 2.04. The summed E-state index contributed by atoms with van der Waals surface area (Å²) in [7, 11) is 0. The first-order chi connectivity index (χ1) is 8.31. The molecule has 0 aliphatic rings. The summed E-state index contributed by atoms with van der Waals surface area (Å²) in [6, 6.07) is 3.93. The number of nitrogens with zero attached hydrogens (tertiary/aromatic N) is 4. The van der Waals surface area contributed by atoms with Gasteiger partial charge in [-0.05, 0) is 24.1 Å². The molecule has 0 spiro atoms. The van der Waals surface area contributed by atoms with E-state index in [2.05, 4.69) is 20.3 Å². The Kier molecular flexibility index (Phi) is 3.26. The minimum absolute atomic E-state index is 0.305. The number of pyridine rings is 1. The van der Waals surface area contributed by atoms with E-state index in [1.54, 1.807) is 18.6 Å². The third-order valence-electron chi connectivity index (χ3n) is 2.39. The Morgan fingerprint density at radius 1 is 1.29 bits per heavy atom. The maximum absolute atomic E-state index is 8.87. The fraction of sp³-hybridized carbons (Fsp3) is 0.167. The standard InChI is InChI=1S/C12H11N5/c1-9-7-14-3-2-10(9)8-17-12-11(6-13)15-4-5-16-12/h2-5,7H,8H2,1H3,(H,16,17). The summed E-state index contributed by atoms with van der Waals surface area (Å²) < 4.78 is 0. The van der Waals surface area contributed by atoms with Crippen LogP contribution in [0.3, 0.4) is 0 Å². The second-order valence-electron chi connectivity index (χ2n) is 3.52. The van der Waals surface area contributed by atoms with Gasteiger partial charge >= 0.3 is 0 Å². The lowest BCUT2D eigenvalue weighted by atomic mass is 10.1.